The zero-order valence-corrected chi connectivity index (χ0v) is 12.5. The van der Waals surface area contributed by atoms with E-state index in [1.165, 1.54) is 0 Å². The summed E-state index contributed by atoms with van der Waals surface area (Å²) in [5.41, 5.74) is 5.56. The third-order valence-electron chi connectivity index (χ3n) is 2.56. The highest BCUT2D eigenvalue weighted by atomic mass is 32.2. The smallest absolute Gasteiger partial charge is 0.274 e. The predicted octanol–water partition coefficient (Wildman–Crippen LogP) is 1.20. The largest absolute Gasteiger partial charge is 0.464 e. The summed E-state index contributed by atoms with van der Waals surface area (Å²) in [5.74, 6) is 3.58. The summed E-state index contributed by atoms with van der Waals surface area (Å²) >= 11 is 1.69. The Morgan fingerprint density at radius 3 is 2.95 bits per heavy atom. The molecule has 0 aliphatic carbocycles. The Balaban J connectivity index is 2.25. The highest BCUT2D eigenvalue weighted by Gasteiger charge is 2.05. The molecule has 0 atom stereocenters. The van der Waals surface area contributed by atoms with Crippen molar-refractivity contribution in [3.63, 3.8) is 0 Å². The number of furan rings is 1. The highest BCUT2D eigenvalue weighted by molar-refractivity contribution is 7.98. The first-order valence-electron chi connectivity index (χ1n) is 6.14. The Labute approximate surface area is 122 Å². The number of rotatable bonds is 9. The van der Waals surface area contributed by atoms with Gasteiger partial charge >= 0.3 is 0 Å². The lowest BCUT2D eigenvalue weighted by molar-refractivity contribution is -0.404. The van der Waals surface area contributed by atoms with Gasteiger partial charge in [-0.2, -0.15) is 11.8 Å². The van der Waals surface area contributed by atoms with Gasteiger partial charge in [0.1, 0.15) is 11.5 Å². The van der Waals surface area contributed by atoms with Crippen molar-refractivity contribution < 1.29 is 9.34 Å². The molecule has 0 aliphatic rings. The topological polar surface area (TPSA) is 97.6 Å². The summed E-state index contributed by atoms with van der Waals surface area (Å²) in [7, 11) is 3.60. The van der Waals surface area contributed by atoms with E-state index in [1.807, 2.05) is 19.2 Å². The van der Waals surface area contributed by atoms with E-state index < -0.39 is 4.92 Å². The Kier molecular flexibility index (Phi) is 6.96. The van der Waals surface area contributed by atoms with Gasteiger partial charge in [-0.05, 0) is 19.2 Å². The summed E-state index contributed by atoms with van der Waals surface area (Å²) < 4.78 is 5.61. The van der Waals surface area contributed by atoms with Crippen LogP contribution in [0.1, 0.15) is 11.5 Å². The molecule has 1 heterocycles. The minimum absolute atomic E-state index is 0.157. The second-order valence-corrected chi connectivity index (χ2v) is 5.32. The maximum atomic E-state index is 10.3. The van der Waals surface area contributed by atoms with Gasteiger partial charge in [-0.3, -0.25) is 10.1 Å². The standard InChI is InChI=1S/C12H20N4O3S/c1-14-7-10-3-4-11(19-10)9-20-6-5-15(2)12(13)8-16(17)18/h3-4,8,14H,5-7,9,13H2,1-2H3/b12-8+. The van der Waals surface area contributed by atoms with E-state index in [0.29, 0.717) is 6.54 Å². The maximum absolute atomic E-state index is 10.3. The van der Waals surface area contributed by atoms with E-state index in [9.17, 15) is 10.1 Å². The van der Waals surface area contributed by atoms with Crippen LogP contribution in [0.2, 0.25) is 0 Å². The molecule has 0 saturated heterocycles. The van der Waals surface area contributed by atoms with Crippen LogP contribution in [0.3, 0.4) is 0 Å². The van der Waals surface area contributed by atoms with Crippen molar-refractivity contribution in [2.45, 2.75) is 12.3 Å². The number of nitro groups is 1. The second-order valence-electron chi connectivity index (χ2n) is 4.21. The third-order valence-corrected chi connectivity index (χ3v) is 3.52. The molecule has 0 amide bonds. The summed E-state index contributed by atoms with van der Waals surface area (Å²) in [6.07, 6.45) is 0.807. The molecule has 7 nitrogen and oxygen atoms in total. The summed E-state index contributed by atoms with van der Waals surface area (Å²) in [6.45, 7) is 1.36. The van der Waals surface area contributed by atoms with E-state index >= 15 is 0 Å². The van der Waals surface area contributed by atoms with Crippen LogP contribution in [0, 0.1) is 10.1 Å². The quantitative estimate of drug-likeness (QED) is 0.402. The zero-order valence-electron chi connectivity index (χ0n) is 11.7. The molecule has 8 heteroatoms. The molecule has 0 aromatic carbocycles. The molecule has 20 heavy (non-hydrogen) atoms. The molecule has 0 aliphatic heterocycles. The molecule has 0 fully saturated rings. The number of thioether (sulfide) groups is 1. The van der Waals surface area contributed by atoms with Crippen molar-refractivity contribution >= 4 is 11.8 Å². The molecule has 0 bridgehead atoms. The van der Waals surface area contributed by atoms with Gasteiger partial charge < -0.3 is 20.4 Å². The Morgan fingerprint density at radius 2 is 2.30 bits per heavy atom. The molecule has 1 aromatic rings. The van der Waals surface area contributed by atoms with Crippen LogP contribution < -0.4 is 11.1 Å². The van der Waals surface area contributed by atoms with Crippen molar-refractivity contribution in [3.05, 3.63) is 45.8 Å². The molecule has 112 valence electrons. The molecule has 0 saturated carbocycles. The van der Waals surface area contributed by atoms with Crippen LogP contribution in [0.5, 0.6) is 0 Å². The lowest BCUT2D eigenvalue weighted by Crippen LogP contribution is -2.26. The molecule has 0 spiro atoms. The van der Waals surface area contributed by atoms with Gasteiger partial charge in [0, 0.05) is 19.3 Å². The van der Waals surface area contributed by atoms with E-state index in [2.05, 4.69) is 5.32 Å². The first-order chi connectivity index (χ1) is 9.52. The molecule has 1 rings (SSSR count). The van der Waals surface area contributed by atoms with E-state index in [-0.39, 0.29) is 5.82 Å². The number of nitrogens with zero attached hydrogens (tertiary/aromatic N) is 2. The molecule has 1 aromatic heterocycles. The monoisotopic (exact) mass is 300 g/mol. The fourth-order valence-electron chi connectivity index (χ4n) is 1.48. The van der Waals surface area contributed by atoms with Gasteiger partial charge in [0.25, 0.3) is 6.20 Å². The molecular weight excluding hydrogens is 280 g/mol. The first-order valence-corrected chi connectivity index (χ1v) is 7.30. The highest BCUT2D eigenvalue weighted by Crippen LogP contribution is 2.15. The van der Waals surface area contributed by atoms with Gasteiger partial charge in [0.05, 0.1) is 17.2 Å². The number of nitrogens with two attached hydrogens (primary N) is 1. The van der Waals surface area contributed by atoms with Crippen molar-refractivity contribution in [2.24, 2.45) is 5.73 Å². The van der Waals surface area contributed by atoms with Crippen molar-refractivity contribution in [2.75, 3.05) is 26.4 Å². The van der Waals surface area contributed by atoms with E-state index in [0.717, 1.165) is 35.8 Å². The Morgan fingerprint density at radius 1 is 1.60 bits per heavy atom. The number of nitrogens with one attached hydrogen (secondary N) is 1. The van der Waals surface area contributed by atoms with E-state index in [4.69, 9.17) is 10.2 Å². The molecular formula is C12H20N4O3S. The minimum Gasteiger partial charge on any atom is -0.464 e. The normalized spacial score (nSPS) is 11.6. The predicted molar refractivity (Wildman–Crippen MR) is 79.5 cm³/mol. The van der Waals surface area contributed by atoms with Gasteiger partial charge in [0.15, 0.2) is 5.82 Å². The van der Waals surface area contributed by atoms with Crippen molar-refractivity contribution in [3.8, 4) is 0 Å². The van der Waals surface area contributed by atoms with Gasteiger partial charge in [0.2, 0.25) is 0 Å². The van der Waals surface area contributed by atoms with Crippen molar-refractivity contribution in [1.29, 1.82) is 0 Å². The summed E-state index contributed by atoms with van der Waals surface area (Å²) in [4.78, 5) is 11.4. The number of hydrogen-bond acceptors (Lipinski definition) is 7. The van der Waals surface area contributed by atoms with Crippen LogP contribution in [0.25, 0.3) is 0 Å². The second kappa shape index (κ2) is 8.49. The minimum atomic E-state index is -0.550. The van der Waals surface area contributed by atoms with Gasteiger partial charge in [-0.25, -0.2) is 0 Å². The lowest BCUT2D eigenvalue weighted by atomic mass is 10.4. The Hall–Kier alpha value is -1.67. The SMILES string of the molecule is CNCc1ccc(CSCCN(C)/C(N)=C/[N+](=O)[O-])o1. The maximum Gasteiger partial charge on any atom is 0.274 e. The average Bonchev–Trinajstić information content (AvgIpc) is 2.81. The summed E-state index contributed by atoms with van der Waals surface area (Å²) in [6, 6.07) is 3.92. The number of hydrogen-bond donors (Lipinski definition) is 2. The Bertz CT molecular complexity index is 461. The average molecular weight is 300 g/mol. The van der Waals surface area contributed by atoms with E-state index in [1.54, 1.807) is 23.7 Å². The lowest BCUT2D eigenvalue weighted by Gasteiger charge is -2.16. The van der Waals surface area contributed by atoms with Crippen LogP contribution in [-0.2, 0) is 12.3 Å². The van der Waals surface area contributed by atoms with Crippen LogP contribution in [0.15, 0.2) is 28.6 Å². The van der Waals surface area contributed by atoms with Crippen LogP contribution >= 0.6 is 11.8 Å². The summed E-state index contributed by atoms with van der Waals surface area (Å²) in [5, 5.41) is 13.3. The fourth-order valence-corrected chi connectivity index (χ4v) is 2.38. The molecule has 3 N–H and O–H groups in total. The zero-order chi connectivity index (χ0) is 15.0. The third kappa shape index (κ3) is 5.98. The van der Waals surface area contributed by atoms with Crippen LogP contribution in [-0.4, -0.2) is 36.2 Å². The van der Waals surface area contributed by atoms with Crippen LogP contribution in [0.4, 0.5) is 0 Å². The molecule has 0 radical (unpaired) electrons. The fraction of sp³-hybridized carbons (Fsp3) is 0.500. The van der Waals surface area contributed by atoms with Crippen molar-refractivity contribution in [1.82, 2.24) is 10.2 Å². The molecule has 0 unspecified atom stereocenters. The first kappa shape index (κ1) is 16.4. The van der Waals surface area contributed by atoms with Gasteiger partial charge in [-0.15, -0.1) is 0 Å². The van der Waals surface area contributed by atoms with Gasteiger partial charge in [-0.1, -0.05) is 0 Å².